The molecule has 1 unspecified atom stereocenters. The van der Waals surface area contributed by atoms with Gasteiger partial charge in [-0.1, -0.05) is 22.0 Å². The fourth-order valence-electron chi connectivity index (χ4n) is 1.80. The zero-order valence-electron chi connectivity index (χ0n) is 9.71. The molecule has 0 aliphatic heterocycles. The number of rotatable bonds is 4. The van der Waals surface area contributed by atoms with Crippen LogP contribution in [-0.2, 0) is 6.42 Å². The Morgan fingerprint density at radius 2 is 2.11 bits per heavy atom. The lowest BCUT2D eigenvalue weighted by atomic mass is 10.0. The van der Waals surface area contributed by atoms with Crippen LogP contribution in [0.25, 0.3) is 0 Å². The summed E-state index contributed by atoms with van der Waals surface area (Å²) in [6.07, 6.45) is 0.638. The molecule has 1 aromatic heterocycles. The Bertz CT molecular complexity index is 542. The zero-order chi connectivity index (χ0) is 13.1. The van der Waals surface area contributed by atoms with E-state index in [0.29, 0.717) is 6.42 Å². The van der Waals surface area contributed by atoms with Gasteiger partial charge in [-0.05, 0) is 64.1 Å². The van der Waals surface area contributed by atoms with Crippen molar-refractivity contribution in [1.82, 2.24) is 5.32 Å². The van der Waals surface area contributed by atoms with Crippen LogP contribution in [0.1, 0.15) is 17.2 Å². The number of thiophene rings is 1. The van der Waals surface area contributed by atoms with Crippen molar-refractivity contribution in [3.63, 3.8) is 0 Å². The van der Waals surface area contributed by atoms with Crippen LogP contribution in [0.15, 0.2) is 37.9 Å². The van der Waals surface area contributed by atoms with Crippen LogP contribution < -0.4 is 5.32 Å². The van der Waals surface area contributed by atoms with Gasteiger partial charge in [-0.15, -0.1) is 11.3 Å². The van der Waals surface area contributed by atoms with Crippen molar-refractivity contribution < 1.29 is 4.39 Å². The first-order chi connectivity index (χ1) is 8.60. The van der Waals surface area contributed by atoms with E-state index >= 15 is 0 Å². The molecular weight excluding hydrogens is 381 g/mol. The minimum Gasteiger partial charge on any atom is -0.313 e. The van der Waals surface area contributed by atoms with Crippen LogP contribution in [0.5, 0.6) is 0 Å². The average molecular weight is 393 g/mol. The number of halogens is 3. The average Bonchev–Trinajstić information content (AvgIpc) is 2.75. The molecule has 1 heterocycles. The summed E-state index contributed by atoms with van der Waals surface area (Å²) in [6.45, 7) is 0. The molecule has 1 nitrogen and oxygen atoms in total. The Morgan fingerprint density at radius 1 is 1.33 bits per heavy atom. The second-order valence-corrected chi connectivity index (χ2v) is 7.17. The van der Waals surface area contributed by atoms with Gasteiger partial charge in [-0.3, -0.25) is 0 Å². The van der Waals surface area contributed by atoms with Gasteiger partial charge in [0, 0.05) is 10.5 Å². The highest BCUT2D eigenvalue weighted by molar-refractivity contribution is 9.11. The van der Waals surface area contributed by atoms with Crippen molar-refractivity contribution in [2.45, 2.75) is 12.5 Å². The van der Waals surface area contributed by atoms with Crippen LogP contribution >= 0.6 is 43.2 Å². The second kappa shape index (κ2) is 6.28. The molecule has 5 heteroatoms. The minimum atomic E-state index is -0.168. The Hall–Kier alpha value is -0.230. The Balaban J connectivity index is 2.20. The molecule has 96 valence electrons. The van der Waals surface area contributed by atoms with Gasteiger partial charge in [0.15, 0.2) is 0 Å². The highest BCUT2D eigenvalue weighted by Gasteiger charge is 2.14. The highest BCUT2D eigenvalue weighted by Crippen LogP contribution is 2.28. The van der Waals surface area contributed by atoms with Gasteiger partial charge in [0.25, 0.3) is 0 Å². The van der Waals surface area contributed by atoms with Crippen LogP contribution in [0.3, 0.4) is 0 Å². The van der Waals surface area contributed by atoms with Gasteiger partial charge in [-0.2, -0.15) is 0 Å². The third kappa shape index (κ3) is 3.41. The molecule has 2 rings (SSSR count). The molecule has 1 N–H and O–H groups in total. The van der Waals surface area contributed by atoms with Crippen molar-refractivity contribution in [2.24, 2.45) is 0 Å². The second-order valence-electron chi connectivity index (χ2n) is 3.97. The molecular formula is C13H12Br2FNS. The summed E-state index contributed by atoms with van der Waals surface area (Å²) in [5.41, 5.74) is 1.90. The maximum atomic E-state index is 13.8. The molecule has 1 aromatic carbocycles. The lowest BCUT2D eigenvalue weighted by Gasteiger charge is -2.15. The third-order valence-electron chi connectivity index (χ3n) is 2.78. The van der Waals surface area contributed by atoms with Crippen molar-refractivity contribution in [3.05, 3.63) is 54.8 Å². The van der Waals surface area contributed by atoms with Crippen molar-refractivity contribution in [3.8, 4) is 0 Å². The molecule has 0 fully saturated rings. The molecule has 0 radical (unpaired) electrons. The van der Waals surface area contributed by atoms with Crippen LogP contribution in [-0.4, -0.2) is 7.05 Å². The van der Waals surface area contributed by atoms with Gasteiger partial charge in [-0.25, -0.2) is 4.39 Å². The van der Waals surface area contributed by atoms with E-state index in [-0.39, 0.29) is 11.9 Å². The molecule has 18 heavy (non-hydrogen) atoms. The molecule has 0 amide bonds. The van der Waals surface area contributed by atoms with Crippen LogP contribution in [0.2, 0.25) is 0 Å². The molecule has 1 atom stereocenters. The van der Waals surface area contributed by atoms with Gasteiger partial charge in [0.05, 0.1) is 3.79 Å². The summed E-state index contributed by atoms with van der Waals surface area (Å²) < 4.78 is 15.7. The van der Waals surface area contributed by atoms with E-state index in [0.717, 1.165) is 13.8 Å². The van der Waals surface area contributed by atoms with Crippen LogP contribution in [0, 0.1) is 5.82 Å². The van der Waals surface area contributed by atoms with Crippen molar-refractivity contribution in [2.75, 3.05) is 7.05 Å². The third-order valence-corrected chi connectivity index (χ3v) is 4.79. The number of hydrogen-bond donors (Lipinski definition) is 1. The maximum absolute atomic E-state index is 13.8. The van der Waals surface area contributed by atoms with Crippen molar-refractivity contribution >= 4 is 43.2 Å². The number of nitrogens with one attached hydrogen (secondary N) is 1. The molecule has 0 spiro atoms. The summed E-state index contributed by atoms with van der Waals surface area (Å²) in [4.78, 5) is 0. The standard InChI is InChI=1S/C13H12Br2FNS/c1-17-12(9-5-13(15)18-7-9)4-8-2-3-10(14)6-11(8)16/h2-3,5-7,12,17H,4H2,1H3. The van der Waals surface area contributed by atoms with E-state index in [2.05, 4.69) is 48.6 Å². The number of likely N-dealkylation sites (N-methyl/N-ethyl adjacent to an activating group) is 1. The molecule has 0 saturated carbocycles. The van der Waals surface area contributed by atoms with Gasteiger partial charge >= 0.3 is 0 Å². The number of hydrogen-bond acceptors (Lipinski definition) is 2. The fraction of sp³-hybridized carbons (Fsp3) is 0.231. The first-order valence-corrected chi connectivity index (χ1v) is 7.92. The van der Waals surface area contributed by atoms with E-state index in [1.165, 1.54) is 11.6 Å². The van der Waals surface area contributed by atoms with Crippen molar-refractivity contribution in [1.29, 1.82) is 0 Å². The predicted octanol–water partition coefficient (Wildman–Crippen LogP) is 4.92. The normalized spacial score (nSPS) is 12.7. The summed E-state index contributed by atoms with van der Waals surface area (Å²) in [7, 11) is 1.90. The monoisotopic (exact) mass is 391 g/mol. The van der Waals surface area contributed by atoms with E-state index in [1.807, 2.05) is 19.2 Å². The first kappa shape index (κ1) is 14.2. The SMILES string of the molecule is CNC(Cc1ccc(Br)cc1F)c1csc(Br)c1. The lowest BCUT2D eigenvalue weighted by Crippen LogP contribution is -2.18. The van der Waals surface area contributed by atoms with Crippen LogP contribution in [0.4, 0.5) is 4.39 Å². The Morgan fingerprint density at radius 3 is 2.67 bits per heavy atom. The topological polar surface area (TPSA) is 12.0 Å². The molecule has 0 bridgehead atoms. The largest absolute Gasteiger partial charge is 0.313 e. The smallest absolute Gasteiger partial charge is 0.127 e. The lowest BCUT2D eigenvalue weighted by molar-refractivity contribution is 0.555. The minimum absolute atomic E-state index is 0.128. The first-order valence-electron chi connectivity index (χ1n) is 5.45. The molecule has 0 aliphatic rings. The van der Waals surface area contributed by atoms with E-state index < -0.39 is 0 Å². The summed E-state index contributed by atoms with van der Waals surface area (Å²) in [5, 5.41) is 5.31. The predicted molar refractivity (Wildman–Crippen MR) is 81.6 cm³/mol. The van der Waals surface area contributed by atoms with E-state index in [4.69, 9.17) is 0 Å². The quantitative estimate of drug-likeness (QED) is 0.778. The molecule has 0 saturated heterocycles. The van der Waals surface area contributed by atoms with Gasteiger partial charge < -0.3 is 5.32 Å². The number of benzene rings is 1. The Kier molecular flexibility index (Phi) is 4.95. The van der Waals surface area contributed by atoms with E-state index in [9.17, 15) is 4.39 Å². The summed E-state index contributed by atoms with van der Waals surface area (Å²) in [6, 6.07) is 7.40. The maximum Gasteiger partial charge on any atom is 0.127 e. The van der Waals surface area contributed by atoms with Gasteiger partial charge in [0.2, 0.25) is 0 Å². The Labute approximate surface area is 127 Å². The summed E-state index contributed by atoms with van der Waals surface area (Å²) >= 11 is 8.36. The fourth-order valence-corrected chi connectivity index (χ4v) is 3.36. The zero-order valence-corrected chi connectivity index (χ0v) is 13.7. The van der Waals surface area contributed by atoms with Gasteiger partial charge in [0.1, 0.15) is 5.82 Å². The highest BCUT2D eigenvalue weighted by atomic mass is 79.9. The summed E-state index contributed by atoms with van der Waals surface area (Å²) in [5.74, 6) is -0.168. The van der Waals surface area contributed by atoms with E-state index in [1.54, 1.807) is 11.3 Å². The molecule has 0 aliphatic carbocycles. The molecule has 2 aromatic rings.